The quantitative estimate of drug-likeness (QED) is 0.448. The molecule has 1 fully saturated rings. The van der Waals surface area contributed by atoms with Crippen LogP contribution in [0.25, 0.3) is 10.9 Å². The van der Waals surface area contributed by atoms with Gasteiger partial charge >= 0.3 is 0 Å². The van der Waals surface area contributed by atoms with Crippen LogP contribution in [0.1, 0.15) is 17.9 Å². The number of likely N-dealkylation sites (tertiary alicyclic amines) is 1. The maximum atomic E-state index is 13.4. The second kappa shape index (κ2) is 7.51. The normalized spacial score (nSPS) is 14.8. The molecule has 6 nitrogen and oxygen atoms in total. The highest BCUT2D eigenvalue weighted by molar-refractivity contribution is 5.84. The fourth-order valence-corrected chi connectivity index (χ4v) is 3.36. The predicted octanol–water partition coefficient (Wildman–Crippen LogP) is 2.91. The molecule has 3 heterocycles. The molecule has 1 aliphatic rings. The average Bonchev–Trinajstić information content (AvgIpc) is 3.03. The third-order valence-corrected chi connectivity index (χ3v) is 4.86. The molecule has 0 spiro atoms. The van der Waals surface area contributed by atoms with E-state index in [-0.39, 0.29) is 24.0 Å². The lowest BCUT2D eigenvalue weighted by Gasteiger charge is -2.39. The van der Waals surface area contributed by atoms with Gasteiger partial charge in [0.05, 0.1) is 0 Å². The van der Waals surface area contributed by atoms with Crippen molar-refractivity contribution < 1.29 is 18.0 Å². The van der Waals surface area contributed by atoms with Gasteiger partial charge < -0.3 is 9.88 Å². The third-order valence-electron chi connectivity index (χ3n) is 4.86. The fourth-order valence-electron chi connectivity index (χ4n) is 3.36. The molecule has 3 N–H and O–H groups in total. The number of halogens is 3. The molecule has 0 radical (unpaired) electrons. The van der Waals surface area contributed by atoms with Crippen molar-refractivity contribution in [3.05, 3.63) is 59.7 Å². The Kier molecular flexibility index (Phi) is 4.91. The van der Waals surface area contributed by atoms with Crippen molar-refractivity contribution in [2.45, 2.75) is 12.3 Å². The summed E-state index contributed by atoms with van der Waals surface area (Å²) in [7, 11) is 0. The standard InChI is InChI=1S/C19H18F3N5O/c20-12-1-2-13-14(8-23-16(13)7-12)11-9-27(10-11)6-5-18(28)25-26-19-15(21)3-4-17(22)24-19/h1-4,7-8,11,23H,5-6,9-10H2,(H,24,26)(H,25,28). The highest BCUT2D eigenvalue weighted by Gasteiger charge is 2.29. The van der Waals surface area contributed by atoms with E-state index in [4.69, 9.17) is 0 Å². The maximum Gasteiger partial charge on any atom is 0.239 e. The van der Waals surface area contributed by atoms with Gasteiger partial charge in [-0.05, 0) is 35.9 Å². The van der Waals surface area contributed by atoms with Crippen LogP contribution in [0, 0.1) is 17.6 Å². The number of aromatic amines is 1. The molecule has 0 unspecified atom stereocenters. The van der Waals surface area contributed by atoms with Gasteiger partial charge in [0.25, 0.3) is 0 Å². The number of carbonyl (C=O) groups excluding carboxylic acids is 1. The van der Waals surface area contributed by atoms with Gasteiger partial charge in [-0.1, -0.05) is 0 Å². The number of amides is 1. The maximum absolute atomic E-state index is 13.4. The number of nitrogens with zero attached hydrogens (tertiary/aromatic N) is 2. The first-order valence-electron chi connectivity index (χ1n) is 8.85. The fraction of sp³-hybridized carbons (Fsp3) is 0.263. The molecule has 146 valence electrons. The number of aromatic nitrogens is 2. The first-order valence-corrected chi connectivity index (χ1v) is 8.85. The Bertz CT molecular complexity index is 1020. The zero-order valence-electron chi connectivity index (χ0n) is 14.8. The van der Waals surface area contributed by atoms with Crippen molar-refractivity contribution in [3.8, 4) is 0 Å². The number of anilines is 1. The summed E-state index contributed by atoms with van der Waals surface area (Å²) < 4.78 is 39.7. The highest BCUT2D eigenvalue weighted by atomic mass is 19.1. The van der Waals surface area contributed by atoms with E-state index in [0.29, 0.717) is 12.5 Å². The summed E-state index contributed by atoms with van der Waals surface area (Å²) in [6.45, 7) is 2.14. The van der Waals surface area contributed by atoms with E-state index in [2.05, 4.69) is 25.7 Å². The van der Waals surface area contributed by atoms with Gasteiger partial charge in [-0.15, -0.1) is 0 Å². The van der Waals surface area contributed by atoms with Gasteiger partial charge in [-0.2, -0.15) is 9.37 Å². The first kappa shape index (κ1) is 18.3. The van der Waals surface area contributed by atoms with Gasteiger partial charge in [-0.25, -0.2) is 8.78 Å². The van der Waals surface area contributed by atoms with E-state index in [9.17, 15) is 18.0 Å². The van der Waals surface area contributed by atoms with E-state index >= 15 is 0 Å². The Morgan fingerprint density at radius 2 is 2.04 bits per heavy atom. The van der Waals surface area contributed by atoms with Gasteiger partial charge in [0.1, 0.15) is 5.82 Å². The van der Waals surface area contributed by atoms with Crippen LogP contribution in [-0.2, 0) is 4.79 Å². The van der Waals surface area contributed by atoms with E-state index in [1.165, 1.54) is 12.1 Å². The summed E-state index contributed by atoms with van der Waals surface area (Å²) in [5.74, 6) is -2.27. The Labute approximate surface area is 158 Å². The second-order valence-electron chi connectivity index (χ2n) is 6.78. The molecule has 1 amide bonds. The summed E-state index contributed by atoms with van der Waals surface area (Å²) in [5, 5.41) is 1.01. The molecule has 9 heteroatoms. The molecule has 0 atom stereocenters. The van der Waals surface area contributed by atoms with Crippen molar-refractivity contribution in [2.75, 3.05) is 25.1 Å². The summed E-state index contributed by atoms with van der Waals surface area (Å²) in [6, 6.07) is 6.52. The van der Waals surface area contributed by atoms with Crippen LogP contribution in [-0.4, -0.2) is 40.4 Å². The van der Waals surface area contributed by atoms with Gasteiger partial charge in [0.15, 0.2) is 11.6 Å². The second-order valence-corrected chi connectivity index (χ2v) is 6.78. The molecule has 1 aliphatic heterocycles. The van der Waals surface area contributed by atoms with Crippen molar-refractivity contribution >= 4 is 22.6 Å². The number of benzene rings is 1. The monoisotopic (exact) mass is 389 g/mol. The molecule has 2 aromatic heterocycles. The number of carbonyl (C=O) groups is 1. The van der Waals surface area contributed by atoms with Crippen LogP contribution in [0.15, 0.2) is 36.5 Å². The van der Waals surface area contributed by atoms with E-state index in [0.717, 1.165) is 41.7 Å². The molecule has 0 saturated carbocycles. The first-order chi connectivity index (χ1) is 13.5. The molecule has 4 rings (SSSR count). The topological polar surface area (TPSA) is 73.1 Å². The minimum absolute atomic E-state index is 0.204. The number of fused-ring (bicyclic) bond motifs is 1. The number of rotatable bonds is 6. The van der Waals surface area contributed by atoms with Crippen LogP contribution in [0.2, 0.25) is 0 Å². The summed E-state index contributed by atoms with van der Waals surface area (Å²) in [6.07, 6.45) is 2.11. The number of pyridine rings is 1. The van der Waals surface area contributed by atoms with Crippen LogP contribution < -0.4 is 10.9 Å². The van der Waals surface area contributed by atoms with Crippen LogP contribution in [0.5, 0.6) is 0 Å². The third kappa shape index (κ3) is 3.79. The van der Waals surface area contributed by atoms with E-state index < -0.39 is 11.8 Å². The van der Waals surface area contributed by atoms with Crippen molar-refractivity contribution in [2.24, 2.45) is 0 Å². The minimum atomic E-state index is -0.843. The van der Waals surface area contributed by atoms with Crippen molar-refractivity contribution in [3.63, 3.8) is 0 Å². The molecule has 3 aromatic rings. The SMILES string of the molecule is O=C(CCN1CC(c2c[nH]c3cc(F)ccc23)C1)NNc1nc(F)ccc1F. The molecule has 28 heavy (non-hydrogen) atoms. The zero-order chi connectivity index (χ0) is 19.7. The Morgan fingerprint density at radius 3 is 2.86 bits per heavy atom. The molecule has 1 saturated heterocycles. The summed E-state index contributed by atoms with van der Waals surface area (Å²) in [4.78, 5) is 20.4. The van der Waals surface area contributed by atoms with Crippen molar-refractivity contribution in [1.29, 1.82) is 0 Å². The Morgan fingerprint density at radius 1 is 1.21 bits per heavy atom. The predicted molar refractivity (Wildman–Crippen MR) is 98.0 cm³/mol. The molecule has 1 aromatic carbocycles. The minimum Gasteiger partial charge on any atom is -0.361 e. The molecule has 0 aliphatic carbocycles. The lowest BCUT2D eigenvalue weighted by Crippen LogP contribution is -2.46. The van der Waals surface area contributed by atoms with E-state index in [1.54, 1.807) is 6.07 Å². The molecular weight excluding hydrogens is 371 g/mol. The largest absolute Gasteiger partial charge is 0.361 e. The van der Waals surface area contributed by atoms with Gasteiger partial charge in [0, 0.05) is 49.1 Å². The Hall–Kier alpha value is -3.07. The van der Waals surface area contributed by atoms with Gasteiger partial charge in [0.2, 0.25) is 11.9 Å². The summed E-state index contributed by atoms with van der Waals surface area (Å²) >= 11 is 0. The zero-order valence-corrected chi connectivity index (χ0v) is 14.8. The highest BCUT2D eigenvalue weighted by Crippen LogP contribution is 2.32. The molecular formula is C19H18F3N5O. The number of hydrazine groups is 1. The lowest BCUT2D eigenvalue weighted by atomic mass is 9.91. The smallest absolute Gasteiger partial charge is 0.239 e. The van der Waals surface area contributed by atoms with Crippen LogP contribution in [0.3, 0.4) is 0 Å². The van der Waals surface area contributed by atoms with E-state index in [1.807, 2.05) is 6.20 Å². The number of nitrogens with one attached hydrogen (secondary N) is 3. The lowest BCUT2D eigenvalue weighted by molar-refractivity contribution is -0.121. The summed E-state index contributed by atoms with van der Waals surface area (Å²) in [5.41, 5.74) is 6.52. The number of hydrogen-bond donors (Lipinski definition) is 3. The Balaban J connectivity index is 1.23. The van der Waals surface area contributed by atoms with Crippen LogP contribution in [0.4, 0.5) is 19.0 Å². The number of H-pyrrole nitrogens is 1. The van der Waals surface area contributed by atoms with Gasteiger partial charge in [-0.3, -0.25) is 15.6 Å². The van der Waals surface area contributed by atoms with Crippen molar-refractivity contribution in [1.82, 2.24) is 20.3 Å². The van der Waals surface area contributed by atoms with Crippen LogP contribution >= 0.6 is 0 Å². The molecule has 0 bridgehead atoms. The number of hydrogen-bond acceptors (Lipinski definition) is 4. The average molecular weight is 389 g/mol.